The van der Waals surface area contributed by atoms with Crippen LogP contribution < -0.4 is 10.6 Å². The molecule has 0 saturated carbocycles. The number of aryl methyl sites for hydroxylation is 1. The molecule has 3 heterocycles. The van der Waals surface area contributed by atoms with Crippen LogP contribution in [0.1, 0.15) is 46.7 Å². The van der Waals surface area contributed by atoms with Crippen molar-refractivity contribution in [3.63, 3.8) is 0 Å². The van der Waals surface area contributed by atoms with Gasteiger partial charge >= 0.3 is 0 Å². The summed E-state index contributed by atoms with van der Waals surface area (Å²) in [5.74, 6) is -0.0230. The van der Waals surface area contributed by atoms with Crippen molar-refractivity contribution < 1.29 is 14.3 Å². The molecular weight excluding hydrogens is 358 g/mol. The van der Waals surface area contributed by atoms with Crippen LogP contribution >= 0.6 is 0 Å². The zero-order valence-electron chi connectivity index (χ0n) is 16.6. The first-order chi connectivity index (χ1) is 13.4. The topological polar surface area (TPSA) is 98.1 Å². The van der Waals surface area contributed by atoms with Gasteiger partial charge in [0, 0.05) is 39.1 Å². The lowest BCUT2D eigenvalue weighted by atomic mass is 9.94. The number of carbonyl (C=O) groups excluding carboxylic acids is 2. The van der Waals surface area contributed by atoms with Crippen LogP contribution in [0.5, 0.6) is 0 Å². The van der Waals surface area contributed by atoms with Crippen LogP contribution in [0.4, 0.5) is 0 Å². The number of ether oxygens (including phenoxy) is 1. The molecule has 3 rings (SSSR count). The minimum absolute atomic E-state index is 0.132. The molecule has 0 saturated heterocycles. The zero-order valence-corrected chi connectivity index (χ0v) is 16.6. The Bertz CT molecular complexity index is 832. The molecule has 0 fully saturated rings. The molecule has 2 N–H and O–H groups in total. The van der Waals surface area contributed by atoms with Gasteiger partial charge < -0.3 is 15.4 Å². The maximum absolute atomic E-state index is 12.6. The lowest BCUT2D eigenvalue weighted by Crippen LogP contribution is -2.40. The summed E-state index contributed by atoms with van der Waals surface area (Å²) in [6, 6.07) is 3.48. The Morgan fingerprint density at radius 2 is 2.11 bits per heavy atom. The fraction of sp³-hybridized carbons (Fsp3) is 0.500. The number of methoxy groups -OCH3 is 1. The predicted octanol–water partition coefficient (Wildman–Crippen LogP) is 1.43. The van der Waals surface area contributed by atoms with Gasteiger partial charge in [0.25, 0.3) is 11.8 Å². The summed E-state index contributed by atoms with van der Waals surface area (Å²) in [4.78, 5) is 28.8. The number of amides is 2. The van der Waals surface area contributed by atoms with Gasteiger partial charge in [-0.25, -0.2) is 0 Å². The van der Waals surface area contributed by atoms with E-state index in [1.165, 1.54) is 0 Å². The highest BCUT2D eigenvalue weighted by Crippen LogP contribution is 2.23. The van der Waals surface area contributed by atoms with Crippen LogP contribution in [0.2, 0.25) is 0 Å². The number of pyridine rings is 1. The van der Waals surface area contributed by atoms with Gasteiger partial charge in [0.2, 0.25) is 0 Å². The van der Waals surface area contributed by atoms with Crippen molar-refractivity contribution >= 4 is 11.8 Å². The summed E-state index contributed by atoms with van der Waals surface area (Å²) in [5, 5.41) is 10.2. The number of nitrogens with zero attached hydrogens (tertiary/aromatic N) is 3. The van der Waals surface area contributed by atoms with E-state index in [2.05, 4.69) is 20.7 Å². The standard InChI is InChI=1S/C20H27N5O3/c1-20(2,28-3)13-23-19(27)16-12-24-25-8-6-14(9-17(16)25)10-22-18(26)15-5-4-7-21-11-15/h4-5,7,11-12,14H,6,8-10,13H2,1-3H3,(H,22,26)(H,23,27). The Balaban J connectivity index is 1.59. The molecule has 2 aromatic rings. The molecule has 8 nitrogen and oxygen atoms in total. The smallest absolute Gasteiger partial charge is 0.254 e. The van der Waals surface area contributed by atoms with Gasteiger partial charge in [-0.3, -0.25) is 19.3 Å². The molecular formula is C20H27N5O3. The van der Waals surface area contributed by atoms with Gasteiger partial charge in [0.1, 0.15) is 0 Å². The summed E-state index contributed by atoms with van der Waals surface area (Å²) < 4.78 is 7.23. The quantitative estimate of drug-likeness (QED) is 0.751. The molecule has 1 aliphatic rings. The third-order valence-corrected chi connectivity index (χ3v) is 5.13. The van der Waals surface area contributed by atoms with Crippen LogP contribution in [-0.2, 0) is 17.7 Å². The number of carbonyl (C=O) groups is 2. The Hall–Kier alpha value is -2.74. The Labute approximate surface area is 164 Å². The first kappa shape index (κ1) is 20.0. The number of fused-ring (bicyclic) bond motifs is 1. The van der Waals surface area contributed by atoms with E-state index in [9.17, 15) is 9.59 Å². The lowest BCUT2D eigenvalue weighted by Gasteiger charge is -2.25. The molecule has 0 spiro atoms. The van der Waals surface area contributed by atoms with Crippen LogP contribution in [0, 0.1) is 5.92 Å². The maximum atomic E-state index is 12.6. The molecule has 0 aliphatic carbocycles. The summed E-state index contributed by atoms with van der Waals surface area (Å²) in [6.45, 7) is 5.54. The Kier molecular flexibility index (Phi) is 6.08. The molecule has 8 heteroatoms. The van der Waals surface area contributed by atoms with Crippen LogP contribution in [0.15, 0.2) is 30.7 Å². The third-order valence-electron chi connectivity index (χ3n) is 5.13. The zero-order chi connectivity index (χ0) is 20.1. The molecule has 1 atom stereocenters. The van der Waals surface area contributed by atoms with Gasteiger partial charge in [-0.05, 0) is 44.7 Å². The number of hydrogen-bond donors (Lipinski definition) is 2. The highest BCUT2D eigenvalue weighted by molar-refractivity contribution is 5.95. The van der Waals surface area contributed by atoms with Crippen molar-refractivity contribution in [2.45, 2.75) is 38.8 Å². The number of aromatic nitrogens is 3. The summed E-state index contributed by atoms with van der Waals surface area (Å²) in [5.41, 5.74) is 1.63. The van der Waals surface area contributed by atoms with E-state index in [1.807, 2.05) is 18.5 Å². The number of hydrogen-bond acceptors (Lipinski definition) is 5. The number of nitrogens with one attached hydrogen (secondary N) is 2. The van der Waals surface area contributed by atoms with Gasteiger partial charge in [-0.1, -0.05) is 0 Å². The molecule has 1 unspecified atom stereocenters. The lowest BCUT2D eigenvalue weighted by molar-refractivity contribution is 0.0228. The highest BCUT2D eigenvalue weighted by Gasteiger charge is 2.26. The normalized spacial score (nSPS) is 16.3. The third kappa shape index (κ3) is 4.75. The van der Waals surface area contributed by atoms with E-state index in [4.69, 9.17) is 4.74 Å². The van der Waals surface area contributed by atoms with Gasteiger partial charge in [0.05, 0.1) is 28.6 Å². The molecule has 0 aromatic carbocycles. The van der Waals surface area contributed by atoms with E-state index in [1.54, 1.807) is 37.8 Å². The fourth-order valence-corrected chi connectivity index (χ4v) is 3.16. The van der Waals surface area contributed by atoms with E-state index < -0.39 is 5.60 Å². The first-order valence-corrected chi connectivity index (χ1v) is 9.46. The highest BCUT2D eigenvalue weighted by atomic mass is 16.5. The minimum atomic E-state index is -0.429. The minimum Gasteiger partial charge on any atom is -0.377 e. The average Bonchev–Trinajstić information content (AvgIpc) is 3.14. The second-order valence-electron chi connectivity index (χ2n) is 7.69. The fourth-order valence-electron chi connectivity index (χ4n) is 3.16. The van der Waals surface area contributed by atoms with Gasteiger partial charge in [0.15, 0.2) is 0 Å². The van der Waals surface area contributed by atoms with Crippen molar-refractivity contribution in [2.24, 2.45) is 5.92 Å². The molecule has 0 radical (unpaired) electrons. The Morgan fingerprint density at radius 1 is 1.29 bits per heavy atom. The summed E-state index contributed by atoms with van der Waals surface area (Å²) >= 11 is 0. The van der Waals surface area contributed by atoms with Crippen LogP contribution in [-0.4, -0.2) is 52.4 Å². The van der Waals surface area contributed by atoms with E-state index in [0.29, 0.717) is 30.6 Å². The predicted molar refractivity (Wildman–Crippen MR) is 104 cm³/mol. The molecule has 2 amide bonds. The van der Waals surface area contributed by atoms with Crippen LogP contribution in [0.25, 0.3) is 0 Å². The largest absolute Gasteiger partial charge is 0.377 e. The molecule has 1 aliphatic heterocycles. The first-order valence-electron chi connectivity index (χ1n) is 9.46. The summed E-state index contributed by atoms with van der Waals surface area (Å²) in [7, 11) is 1.62. The second-order valence-corrected chi connectivity index (χ2v) is 7.69. The van der Waals surface area contributed by atoms with Crippen molar-refractivity contribution in [3.8, 4) is 0 Å². The average molecular weight is 385 g/mol. The molecule has 28 heavy (non-hydrogen) atoms. The van der Waals surface area contributed by atoms with Crippen LogP contribution in [0.3, 0.4) is 0 Å². The van der Waals surface area contributed by atoms with Crippen molar-refractivity contribution in [2.75, 3.05) is 20.2 Å². The SMILES string of the molecule is COC(C)(C)CNC(=O)c1cnn2c1CC(CNC(=O)c1cccnc1)CC2. The molecule has 2 aromatic heterocycles. The van der Waals surface area contributed by atoms with Gasteiger partial charge in [-0.15, -0.1) is 0 Å². The maximum Gasteiger partial charge on any atom is 0.254 e. The van der Waals surface area contributed by atoms with Crippen molar-refractivity contribution in [1.82, 2.24) is 25.4 Å². The van der Waals surface area contributed by atoms with Gasteiger partial charge in [-0.2, -0.15) is 5.10 Å². The molecule has 150 valence electrons. The monoisotopic (exact) mass is 385 g/mol. The Morgan fingerprint density at radius 3 is 2.82 bits per heavy atom. The van der Waals surface area contributed by atoms with E-state index in [-0.39, 0.29) is 17.7 Å². The number of rotatable bonds is 7. The molecule has 0 bridgehead atoms. The van der Waals surface area contributed by atoms with E-state index >= 15 is 0 Å². The summed E-state index contributed by atoms with van der Waals surface area (Å²) in [6.07, 6.45) is 6.42. The van der Waals surface area contributed by atoms with Crippen molar-refractivity contribution in [3.05, 3.63) is 47.5 Å². The van der Waals surface area contributed by atoms with E-state index in [0.717, 1.165) is 18.7 Å². The second kappa shape index (κ2) is 8.52. The van der Waals surface area contributed by atoms with Crippen molar-refractivity contribution in [1.29, 1.82) is 0 Å².